The minimum Gasteiger partial charge on any atom is -0.478 e. The Kier molecular flexibility index (Phi) is 8.00. The normalized spacial score (nSPS) is 11.7. The third kappa shape index (κ3) is 5.57. The summed E-state index contributed by atoms with van der Waals surface area (Å²) in [6.45, 7) is 3.52. The number of pyridine rings is 2. The molecule has 13 heteroatoms. The summed E-state index contributed by atoms with van der Waals surface area (Å²) in [5, 5.41) is 20.7. The number of nitrogen functional groups attached to an aromatic ring is 2. The molecule has 0 aliphatic rings. The lowest BCUT2D eigenvalue weighted by atomic mass is 9.98. The number of amides is 2. The minimum absolute atomic E-state index is 0.0359. The van der Waals surface area contributed by atoms with Gasteiger partial charge in [-0.1, -0.05) is 30.3 Å². The molecule has 0 aliphatic carbocycles. The lowest BCUT2D eigenvalue weighted by Gasteiger charge is -2.14. The first kappa shape index (κ1) is 28.4. The number of aryl methyl sites for hydroxylation is 2. The van der Waals surface area contributed by atoms with Gasteiger partial charge in [-0.25, -0.2) is 14.8 Å². The van der Waals surface area contributed by atoms with Crippen molar-refractivity contribution in [2.24, 2.45) is 11.5 Å². The van der Waals surface area contributed by atoms with Crippen molar-refractivity contribution in [1.82, 2.24) is 9.97 Å². The van der Waals surface area contributed by atoms with Crippen molar-refractivity contribution >= 4 is 72.3 Å². The zero-order valence-electron chi connectivity index (χ0n) is 21.5. The van der Waals surface area contributed by atoms with E-state index in [1.165, 1.54) is 6.07 Å². The lowest BCUT2D eigenvalue weighted by molar-refractivity contribution is 0.0698. The van der Waals surface area contributed by atoms with Gasteiger partial charge in [-0.15, -0.1) is 22.7 Å². The molecule has 1 atom stereocenters. The van der Waals surface area contributed by atoms with Crippen LogP contribution in [0.3, 0.4) is 0 Å². The van der Waals surface area contributed by atoms with Gasteiger partial charge in [-0.05, 0) is 37.1 Å². The molecule has 5 aromatic rings. The second-order valence-corrected chi connectivity index (χ2v) is 11.0. The van der Waals surface area contributed by atoms with Crippen molar-refractivity contribution in [3.05, 3.63) is 80.3 Å². The Bertz CT molecular complexity index is 1780. The lowest BCUT2D eigenvalue weighted by Crippen LogP contribution is -2.11. The van der Waals surface area contributed by atoms with Crippen LogP contribution in [0.1, 0.15) is 58.3 Å². The highest BCUT2D eigenvalue weighted by molar-refractivity contribution is 7.21. The van der Waals surface area contributed by atoms with Crippen LogP contribution in [0.25, 0.3) is 20.4 Å². The Morgan fingerprint density at radius 2 is 1.35 bits per heavy atom. The average Bonchev–Trinajstić information content (AvgIpc) is 3.40. The van der Waals surface area contributed by atoms with Gasteiger partial charge in [0.2, 0.25) is 0 Å². The molecular weight excluding hydrogens is 552 g/mol. The van der Waals surface area contributed by atoms with Crippen molar-refractivity contribution in [1.29, 1.82) is 0 Å². The van der Waals surface area contributed by atoms with Gasteiger partial charge in [0, 0.05) is 28.6 Å². The van der Waals surface area contributed by atoms with E-state index >= 15 is 0 Å². The monoisotopic (exact) mass is 578 g/mol. The van der Waals surface area contributed by atoms with Crippen molar-refractivity contribution in [2.45, 2.75) is 26.4 Å². The van der Waals surface area contributed by atoms with Gasteiger partial charge >= 0.3 is 5.97 Å². The zero-order chi connectivity index (χ0) is 29.3. The number of carboxylic acid groups (broad SMARTS) is 1. The number of carbonyl (C=O) groups is 3. The maximum absolute atomic E-state index is 11.5. The number of aromatic carboxylic acids is 1. The topological polar surface area (TPSA) is 222 Å². The molecule has 0 saturated carbocycles. The second kappa shape index (κ2) is 11.3. The van der Waals surface area contributed by atoms with Gasteiger partial charge in [-0.3, -0.25) is 9.59 Å². The Hall–Kier alpha value is -4.59. The number of anilines is 2. The molecule has 0 fully saturated rings. The largest absolute Gasteiger partial charge is 0.478 e. The number of nitrogens with zero attached hydrogens (tertiary/aromatic N) is 2. The van der Waals surface area contributed by atoms with Crippen molar-refractivity contribution in [3.8, 4) is 0 Å². The summed E-state index contributed by atoms with van der Waals surface area (Å²) >= 11 is 2.17. The number of rotatable bonds is 6. The molecule has 1 aromatic carbocycles. The summed E-state index contributed by atoms with van der Waals surface area (Å²) in [5.74, 6) is -2.37. The standard InChI is InChI=1S/C17H17N3O2S.C10H9N3O3S/c1-9-7-11(12(21)8-10-5-3-2-4-6-10)13-14(18)15(16(19)22)23-17(13)20-9;1-3-2-4(10(15)16)5-6(11)7(8(12)14)17-9(5)13-3/h2-7,12,21H,8,18H2,1H3,(H2,19,22);2H,11H2,1H3,(H2,12,14)(H,15,16). The number of aliphatic hydroxyl groups excluding tert-OH is 1. The first-order valence-electron chi connectivity index (χ1n) is 11.8. The zero-order valence-corrected chi connectivity index (χ0v) is 23.1. The van der Waals surface area contributed by atoms with Crippen LogP contribution >= 0.6 is 22.7 Å². The molecular formula is C27H26N6O5S2. The van der Waals surface area contributed by atoms with Crippen molar-refractivity contribution < 1.29 is 24.6 Å². The Morgan fingerprint density at radius 3 is 1.88 bits per heavy atom. The molecule has 2 amide bonds. The third-order valence-corrected chi connectivity index (χ3v) is 8.22. The van der Waals surface area contributed by atoms with E-state index < -0.39 is 23.9 Å². The van der Waals surface area contributed by atoms with Crippen LogP contribution in [0, 0.1) is 13.8 Å². The summed E-state index contributed by atoms with van der Waals surface area (Å²) in [6, 6.07) is 12.9. The number of nitrogens with two attached hydrogens (primary N) is 4. The number of benzene rings is 1. The van der Waals surface area contributed by atoms with E-state index in [-0.39, 0.29) is 26.4 Å². The fourth-order valence-corrected chi connectivity index (χ4v) is 6.31. The van der Waals surface area contributed by atoms with Gasteiger partial charge in [-0.2, -0.15) is 0 Å². The Labute approximate surface area is 236 Å². The number of hydrogen-bond donors (Lipinski definition) is 6. The van der Waals surface area contributed by atoms with E-state index in [0.29, 0.717) is 38.4 Å². The fraction of sp³-hybridized carbons (Fsp3) is 0.148. The van der Waals surface area contributed by atoms with E-state index in [4.69, 9.17) is 28.0 Å². The first-order valence-corrected chi connectivity index (χ1v) is 13.5. The Morgan fingerprint density at radius 1 is 0.850 bits per heavy atom. The highest BCUT2D eigenvalue weighted by Gasteiger charge is 2.22. The molecule has 206 valence electrons. The molecule has 0 saturated heterocycles. The predicted molar refractivity (Wildman–Crippen MR) is 157 cm³/mol. The van der Waals surface area contributed by atoms with E-state index in [1.54, 1.807) is 6.92 Å². The van der Waals surface area contributed by atoms with Crippen LogP contribution in [0.4, 0.5) is 11.4 Å². The molecule has 1 unspecified atom stereocenters. The minimum atomic E-state index is -1.11. The number of thiophene rings is 2. The van der Waals surface area contributed by atoms with Crippen LogP contribution in [-0.2, 0) is 6.42 Å². The summed E-state index contributed by atoms with van der Waals surface area (Å²) < 4.78 is 0. The number of aromatic nitrogens is 2. The average molecular weight is 579 g/mol. The summed E-state index contributed by atoms with van der Waals surface area (Å²) in [4.78, 5) is 43.8. The van der Waals surface area contributed by atoms with Crippen LogP contribution in [-0.4, -0.2) is 38.0 Å². The maximum Gasteiger partial charge on any atom is 0.336 e. The molecule has 0 radical (unpaired) electrons. The number of aliphatic hydroxyl groups is 1. The smallest absolute Gasteiger partial charge is 0.336 e. The van der Waals surface area contributed by atoms with E-state index in [0.717, 1.165) is 33.9 Å². The maximum atomic E-state index is 11.5. The van der Waals surface area contributed by atoms with Crippen LogP contribution in [0.2, 0.25) is 0 Å². The third-order valence-electron chi connectivity index (χ3n) is 5.99. The van der Waals surface area contributed by atoms with Gasteiger partial charge in [0.25, 0.3) is 11.8 Å². The number of carbonyl (C=O) groups excluding carboxylic acids is 2. The summed E-state index contributed by atoms with van der Waals surface area (Å²) in [5.41, 5.74) is 25.8. The highest BCUT2D eigenvalue weighted by Crippen LogP contribution is 2.38. The molecule has 0 spiro atoms. The van der Waals surface area contributed by atoms with Crippen molar-refractivity contribution in [3.63, 3.8) is 0 Å². The van der Waals surface area contributed by atoms with Gasteiger partial charge in [0.05, 0.1) is 23.0 Å². The molecule has 5 rings (SSSR count). The summed E-state index contributed by atoms with van der Waals surface area (Å²) in [7, 11) is 0. The molecule has 0 aliphatic heterocycles. The fourth-order valence-electron chi connectivity index (χ4n) is 4.27. The van der Waals surface area contributed by atoms with Crippen LogP contribution in [0.5, 0.6) is 0 Å². The highest BCUT2D eigenvalue weighted by atomic mass is 32.1. The Balaban J connectivity index is 0.000000194. The number of hydrogen-bond acceptors (Lipinski definition) is 10. The molecule has 11 nitrogen and oxygen atoms in total. The van der Waals surface area contributed by atoms with Gasteiger partial charge in [0.1, 0.15) is 19.4 Å². The quantitative estimate of drug-likeness (QED) is 0.173. The summed E-state index contributed by atoms with van der Waals surface area (Å²) in [6.07, 6.45) is -0.278. The molecule has 0 bridgehead atoms. The first-order chi connectivity index (χ1) is 18.9. The molecule has 40 heavy (non-hydrogen) atoms. The van der Waals surface area contributed by atoms with Crippen LogP contribution in [0.15, 0.2) is 42.5 Å². The second-order valence-electron chi connectivity index (χ2n) is 8.95. The van der Waals surface area contributed by atoms with E-state index in [1.807, 2.05) is 43.3 Å². The van der Waals surface area contributed by atoms with Gasteiger partial charge in [0.15, 0.2) is 0 Å². The van der Waals surface area contributed by atoms with Crippen molar-refractivity contribution in [2.75, 3.05) is 11.5 Å². The molecule has 10 N–H and O–H groups in total. The van der Waals surface area contributed by atoms with E-state index in [9.17, 15) is 19.5 Å². The van der Waals surface area contributed by atoms with Gasteiger partial charge < -0.3 is 33.1 Å². The van der Waals surface area contributed by atoms with E-state index in [2.05, 4.69) is 9.97 Å². The predicted octanol–water partition coefficient (Wildman–Crippen LogP) is 3.55. The SMILES string of the molecule is Cc1cc(C(=O)O)c2c(N)c(C(N)=O)sc2n1.Cc1cc(C(O)Cc2ccccc2)c2c(N)c(C(N)=O)sc2n1. The number of carboxylic acids is 1. The number of fused-ring (bicyclic) bond motifs is 2. The molecule has 4 heterocycles. The molecule has 4 aromatic heterocycles. The number of primary amides is 2. The van der Waals surface area contributed by atoms with Crippen LogP contribution < -0.4 is 22.9 Å².